The number of hydrogen-bond acceptors (Lipinski definition) is 4. The van der Waals surface area contributed by atoms with Crippen molar-refractivity contribution >= 4 is 5.78 Å². The van der Waals surface area contributed by atoms with Gasteiger partial charge in [-0.3, -0.25) is 9.69 Å². The van der Waals surface area contributed by atoms with E-state index in [0.717, 1.165) is 0 Å². The Bertz CT molecular complexity index is 240. The maximum Gasteiger partial charge on any atom is 0.155 e. The van der Waals surface area contributed by atoms with Gasteiger partial charge in [0.2, 0.25) is 0 Å². The second-order valence-electron chi connectivity index (χ2n) is 4.85. The number of Topliss-reactive ketones (excluding diaryl/α,β-unsaturated/α-hetero) is 1. The van der Waals surface area contributed by atoms with Gasteiger partial charge in [0.05, 0.1) is 12.1 Å². The number of carbonyl (C=O) groups is 1. The molecule has 1 fully saturated rings. The molecule has 0 spiro atoms. The van der Waals surface area contributed by atoms with Crippen molar-refractivity contribution in [2.45, 2.75) is 52.0 Å². The highest BCUT2D eigenvalue weighted by molar-refractivity contribution is 5.86. The lowest BCUT2D eigenvalue weighted by Crippen LogP contribution is -2.47. The van der Waals surface area contributed by atoms with E-state index in [2.05, 4.69) is 0 Å². The highest BCUT2D eigenvalue weighted by Crippen LogP contribution is 2.24. The average molecular weight is 215 g/mol. The molecule has 3 atom stereocenters. The molecule has 0 aromatic heterocycles. The van der Waals surface area contributed by atoms with Crippen LogP contribution >= 0.6 is 0 Å². The summed E-state index contributed by atoms with van der Waals surface area (Å²) in [6, 6.07) is -0.385. The van der Waals surface area contributed by atoms with Gasteiger partial charge in [-0.2, -0.15) is 0 Å². The first-order valence-electron chi connectivity index (χ1n) is 5.51. The lowest BCUT2D eigenvalue weighted by molar-refractivity contribution is -0.130. The zero-order valence-electron chi connectivity index (χ0n) is 9.84. The first-order valence-corrected chi connectivity index (χ1v) is 5.51. The summed E-state index contributed by atoms with van der Waals surface area (Å²) < 4.78 is 0. The van der Waals surface area contributed by atoms with E-state index in [-0.39, 0.29) is 17.7 Å². The molecule has 88 valence electrons. The molecule has 0 bridgehead atoms. The largest absolute Gasteiger partial charge is 0.389 e. The Kier molecular flexibility index (Phi) is 3.87. The van der Waals surface area contributed by atoms with Gasteiger partial charge in [-0.25, -0.2) is 0 Å². The molecule has 0 saturated carbocycles. The molecular weight excluding hydrogens is 194 g/mol. The Balaban J connectivity index is 2.86. The standard InChI is InChI=1S/C11H21NO3/c1-6(2)10(14)9-11(15)8(13)5-12(9)7(3)4/h6-9,11,13,15H,5H2,1-4H3/t8?,9-,11?/m1/s1. The van der Waals surface area contributed by atoms with Crippen molar-refractivity contribution in [3.8, 4) is 0 Å². The van der Waals surface area contributed by atoms with Gasteiger partial charge in [0.1, 0.15) is 6.10 Å². The second kappa shape index (κ2) is 4.60. The van der Waals surface area contributed by atoms with Crippen molar-refractivity contribution in [3.63, 3.8) is 0 Å². The van der Waals surface area contributed by atoms with Crippen LogP contribution in [0.2, 0.25) is 0 Å². The van der Waals surface area contributed by atoms with Gasteiger partial charge < -0.3 is 10.2 Å². The smallest absolute Gasteiger partial charge is 0.155 e. The Morgan fingerprint density at radius 3 is 2.20 bits per heavy atom. The fraction of sp³-hybridized carbons (Fsp3) is 0.909. The number of aliphatic hydroxyl groups excluding tert-OH is 2. The van der Waals surface area contributed by atoms with Crippen molar-refractivity contribution in [1.82, 2.24) is 4.90 Å². The van der Waals surface area contributed by atoms with Gasteiger partial charge in [-0.05, 0) is 13.8 Å². The maximum absolute atomic E-state index is 11.9. The van der Waals surface area contributed by atoms with Crippen molar-refractivity contribution in [2.24, 2.45) is 5.92 Å². The summed E-state index contributed by atoms with van der Waals surface area (Å²) in [5.41, 5.74) is 0. The number of rotatable bonds is 3. The average Bonchev–Trinajstić information content (AvgIpc) is 2.42. The van der Waals surface area contributed by atoms with Crippen LogP contribution in [-0.4, -0.2) is 51.7 Å². The van der Waals surface area contributed by atoms with Gasteiger partial charge in [-0.1, -0.05) is 13.8 Å². The van der Waals surface area contributed by atoms with Crippen molar-refractivity contribution in [1.29, 1.82) is 0 Å². The minimum atomic E-state index is -0.942. The molecule has 4 heteroatoms. The fourth-order valence-corrected chi connectivity index (χ4v) is 2.05. The Morgan fingerprint density at radius 1 is 1.27 bits per heavy atom. The normalized spacial score (nSPS) is 32.9. The molecule has 15 heavy (non-hydrogen) atoms. The minimum Gasteiger partial charge on any atom is -0.389 e. The second-order valence-corrected chi connectivity index (χ2v) is 4.85. The van der Waals surface area contributed by atoms with Crippen LogP contribution in [0.25, 0.3) is 0 Å². The molecule has 2 unspecified atom stereocenters. The van der Waals surface area contributed by atoms with Crippen molar-refractivity contribution in [2.75, 3.05) is 6.54 Å². The first kappa shape index (κ1) is 12.6. The van der Waals surface area contributed by atoms with E-state index in [9.17, 15) is 15.0 Å². The van der Waals surface area contributed by atoms with E-state index < -0.39 is 18.2 Å². The van der Waals surface area contributed by atoms with Crippen LogP contribution in [0.15, 0.2) is 0 Å². The molecule has 4 nitrogen and oxygen atoms in total. The van der Waals surface area contributed by atoms with Crippen LogP contribution in [-0.2, 0) is 4.79 Å². The molecule has 0 radical (unpaired) electrons. The van der Waals surface area contributed by atoms with E-state index in [4.69, 9.17) is 0 Å². The molecule has 0 aromatic rings. The zero-order chi connectivity index (χ0) is 11.7. The van der Waals surface area contributed by atoms with Crippen LogP contribution in [0.3, 0.4) is 0 Å². The third kappa shape index (κ3) is 2.38. The maximum atomic E-state index is 11.9. The first-order chi connectivity index (χ1) is 6.86. The summed E-state index contributed by atoms with van der Waals surface area (Å²) in [6.07, 6.45) is -1.75. The van der Waals surface area contributed by atoms with Crippen molar-refractivity contribution < 1.29 is 15.0 Å². The summed E-state index contributed by atoms with van der Waals surface area (Å²) in [5.74, 6) is -0.107. The molecule has 2 N–H and O–H groups in total. The predicted molar refractivity (Wildman–Crippen MR) is 57.5 cm³/mol. The third-order valence-corrected chi connectivity index (χ3v) is 3.00. The van der Waals surface area contributed by atoms with Gasteiger partial charge >= 0.3 is 0 Å². The molecule has 1 rings (SSSR count). The van der Waals surface area contributed by atoms with E-state index in [0.29, 0.717) is 6.54 Å². The SMILES string of the molecule is CC(C)C(=O)[C@@H]1C(O)C(O)CN1C(C)C. The number of carbonyl (C=O) groups excluding carboxylic acids is 1. The van der Waals surface area contributed by atoms with Crippen LogP contribution < -0.4 is 0 Å². The number of β-amino-alcohol motifs (C(OH)–C–C–N with tert-alkyl or cyclic N) is 1. The summed E-state index contributed by atoms with van der Waals surface area (Å²) in [4.78, 5) is 13.8. The highest BCUT2D eigenvalue weighted by Gasteiger charge is 2.45. The van der Waals surface area contributed by atoms with E-state index in [1.807, 2.05) is 32.6 Å². The molecule has 0 aromatic carbocycles. The number of ketones is 1. The van der Waals surface area contributed by atoms with E-state index in [1.54, 1.807) is 0 Å². The topological polar surface area (TPSA) is 60.8 Å². The van der Waals surface area contributed by atoms with Gasteiger partial charge in [0.25, 0.3) is 0 Å². The summed E-state index contributed by atoms with van der Waals surface area (Å²) >= 11 is 0. The third-order valence-electron chi connectivity index (χ3n) is 3.00. The molecule has 1 heterocycles. The fourth-order valence-electron chi connectivity index (χ4n) is 2.05. The molecule has 0 aliphatic carbocycles. The van der Waals surface area contributed by atoms with E-state index >= 15 is 0 Å². The molecule has 1 aliphatic rings. The van der Waals surface area contributed by atoms with Crippen LogP contribution in [0.4, 0.5) is 0 Å². The van der Waals surface area contributed by atoms with E-state index in [1.165, 1.54) is 0 Å². The van der Waals surface area contributed by atoms with Gasteiger partial charge in [0.15, 0.2) is 5.78 Å². The summed E-state index contributed by atoms with van der Waals surface area (Å²) in [6.45, 7) is 7.94. The number of hydrogen-bond donors (Lipinski definition) is 2. The monoisotopic (exact) mass is 215 g/mol. The zero-order valence-corrected chi connectivity index (χ0v) is 9.84. The lowest BCUT2D eigenvalue weighted by Gasteiger charge is -2.29. The van der Waals surface area contributed by atoms with Crippen LogP contribution in [0.1, 0.15) is 27.7 Å². The lowest BCUT2D eigenvalue weighted by atomic mass is 9.97. The quantitative estimate of drug-likeness (QED) is 0.697. The Morgan fingerprint density at radius 2 is 1.80 bits per heavy atom. The summed E-state index contributed by atoms with van der Waals surface area (Å²) in [5, 5.41) is 19.4. The summed E-state index contributed by atoms with van der Waals surface area (Å²) in [7, 11) is 0. The van der Waals surface area contributed by atoms with Gasteiger partial charge in [0, 0.05) is 18.5 Å². The van der Waals surface area contributed by atoms with Gasteiger partial charge in [-0.15, -0.1) is 0 Å². The van der Waals surface area contributed by atoms with Crippen LogP contribution in [0.5, 0.6) is 0 Å². The van der Waals surface area contributed by atoms with Crippen molar-refractivity contribution in [3.05, 3.63) is 0 Å². The molecule has 0 amide bonds. The molecular formula is C11H21NO3. The number of nitrogens with zero attached hydrogens (tertiary/aromatic N) is 1. The molecule has 1 saturated heterocycles. The Labute approximate surface area is 90.9 Å². The van der Waals surface area contributed by atoms with Crippen LogP contribution in [0, 0.1) is 5.92 Å². The highest BCUT2D eigenvalue weighted by atomic mass is 16.3. The number of aliphatic hydroxyl groups is 2. The Hall–Kier alpha value is -0.450. The minimum absolute atomic E-state index is 0.00718. The molecule has 1 aliphatic heterocycles. The predicted octanol–water partition coefficient (Wildman–Crippen LogP) is 0.0259. The number of likely N-dealkylation sites (tertiary alicyclic amines) is 1.